The van der Waals surface area contributed by atoms with Gasteiger partial charge in [-0.05, 0) is 107 Å². The van der Waals surface area contributed by atoms with Crippen molar-refractivity contribution in [2.45, 2.75) is 0 Å². The van der Waals surface area contributed by atoms with Gasteiger partial charge in [-0.2, -0.15) is 5.26 Å². The van der Waals surface area contributed by atoms with E-state index < -0.39 is 0 Å². The average Bonchev–Trinajstić information content (AvgIpc) is 3.71. The van der Waals surface area contributed by atoms with Crippen molar-refractivity contribution in [3.05, 3.63) is 224 Å². The Kier molecular flexibility index (Phi) is 8.84. The summed E-state index contributed by atoms with van der Waals surface area (Å²) in [6.45, 7) is 0. The summed E-state index contributed by atoms with van der Waals surface area (Å²) in [4.78, 5) is 14.7. The molecular formula is C60H36N4. The Morgan fingerprint density at radius 1 is 0.266 bits per heavy atom. The van der Waals surface area contributed by atoms with Crippen LogP contribution in [0.25, 0.3) is 122 Å². The van der Waals surface area contributed by atoms with Crippen molar-refractivity contribution in [2.75, 3.05) is 0 Å². The molecule has 0 saturated heterocycles. The number of rotatable bonds is 7. The maximum atomic E-state index is 9.50. The minimum Gasteiger partial charge on any atom is -0.208 e. The van der Waals surface area contributed by atoms with Crippen LogP contribution < -0.4 is 0 Å². The zero-order chi connectivity index (χ0) is 42.6. The lowest BCUT2D eigenvalue weighted by Crippen LogP contribution is -2.00. The average molecular weight is 813 g/mol. The van der Waals surface area contributed by atoms with Gasteiger partial charge in [-0.3, -0.25) is 0 Å². The number of aromatic nitrogens is 3. The lowest BCUT2D eigenvalue weighted by molar-refractivity contribution is 1.07. The highest BCUT2D eigenvalue weighted by atomic mass is 15.0. The van der Waals surface area contributed by atoms with Crippen molar-refractivity contribution in [2.24, 2.45) is 0 Å². The molecular weight excluding hydrogens is 777 g/mol. The van der Waals surface area contributed by atoms with Crippen LogP contribution in [0, 0.1) is 11.3 Å². The van der Waals surface area contributed by atoms with E-state index in [9.17, 15) is 5.26 Å². The van der Waals surface area contributed by atoms with E-state index in [1.165, 1.54) is 49.7 Å². The molecule has 0 atom stereocenters. The van der Waals surface area contributed by atoms with Crippen molar-refractivity contribution >= 4 is 21.5 Å². The monoisotopic (exact) mass is 812 g/mol. The predicted octanol–water partition coefficient (Wildman–Crippen LogP) is 15.4. The summed E-state index contributed by atoms with van der Waals surface area (Å²) in [6.07, 6.45) is 0. The largest absolute Gasteiger partial charge is 0.208 e. The van der Waals surface area contributed by atoms with Crippen molar-refractivity contribution in [1.82, 2.24) is 15.0 Å². The molecule has 10 aromatic carbocycles. The molecule has 0 N–H and O–H groups in total. The normalized spacial score (nSPS) is 11.4. The third-order valence-corrected chi connectivity index (χ3v) is 12.5. The number of nitriles is 1. The lowest BCUT2D eigenvalue weighted by Gasteiger charge is -2.16. The summed E-state index contributed by atoms with van der Waals surface area (Å²) in [6, 6.07) is 79.1. The molecule has 0 spiro atoms. The van der Waals surface area contributed by atoms with Gasteiger partial charge in [-0.15, -0.1) is 0 Å². The molecule has 0 unspecified atom stereocenters. The molecule has 0 bridgehead atoms. The summed E-state index contributed by atoms with van der Waals surface area (Å²) >= 11 is 0. The van der Waals surface area contributed by atoms with E-state index >= 15 is 0 Å². The number of fused-ring (bicyclic) bond motifs is 4. The SMILES string of the molecule is N#Cc1ccc2cc(-c3ccc4c5c(ccc(-c6ccc(-c7ccc(-c8ccc(-c9nc(-c%10ccccc%10)nc(-c%10ccccc%10)n9)cc8)cc7)cc6)c35)-c3ccccc3-4)ccc2c1. The second kappa shape index (κ2) is 15.3. The van der Waals surface area contributed by atoms with Gasteiger partial charge in [0.25, 0.3) is 0 Å². The highest BCUT2D eigenvalue weighted by molar-refractivity contribution is 6.22. The van der Waals surface area contributed by atoms with Gasteiger partial charge in [0.1, 0.15) is 0 Å². The fraction of sp³-hybridized carbons (Fsp3) is 0. The second-order valence-electron chi connectivity index (χ2n) is 16.3. The van der Waals surface area contributed by atoms with E-state index in [1.54, 1.807) is 0 Å². The maximum Gasteiger partial charge on any atom is 0.164 e. The maximum absolute atomic E-state index is 9.50. The van der Waals surface area contributed by atoms with Crippen LogP contribution in [0.1, 0.15) is 5.56 Å². The van der Waals surface area contributed by atoms with Crippen LogP contribution in [0.5, 0.6) is 0 Å². The van der Waals surface area contributed by atoms with Crippen LogP contribution in [0.4, 0.5) is 0 Å². The summed E-state index contributed by atoms with van der Waals surface area (Å²) in [5.74, 6) is 1.94. The molecule has 4 nitrogen and oxygen atoms in total. The Bertz CT molecular complexity index is 3540. The molecule has 11 aromatic rings. The molecule has 296 valence electrons. The third kappa shape index (κ3) is 6.43. The first-order chi connectivity index (χ1) is 31.6. The first-order valence-electron chi connectivity index (χ1n) is 21.5. The second-order valence-corrected chi connectivity index (χ2v) is 16.3. The van der Waals surface area contributed by atoms with E-state index in [4.69, 9.17) is 15.0 Å². The molecule has 4 heteroatoms. The van der Waals surface area contributed by atoms with Crippen LogP contribution in [0.15, 0.2) is 218 Å². The van der Waals surface area contributed by atoms with E-state index in [1.807, 2.05) is 72.8 Å². The Labute approximate surface area is 371 Å². The summed E-state index contributed by atoms with van der Waals surface area (Å²) in [5.41, 5.74) is 17.9. The molecule has 1 heterocycles. The van der Waals surface area contributed by atoms with E-state index in [0.29, 0.717) is 23.0 Å². The lowest BCUT2D eigenvalue weighted by atomic mass is 9.87. The number of hydrogen-bond acceptors (Lipinski definition) is 4. The first-order valence-corrected chi connectivity index (χ1v) is 21.5. The van der Waals surface area contributed by atoms with Crippen LogP contribution in [0.3, 0.4) is 0 Å². The zero-order valence-electron chi connectivity index (χ0n) is 34.6. The van der Waals surface area contributed by atoms with Gasteiger partial charge >= 0.3 is 0 Å². The molecule has 1 aliphatic rings. The van der Waals surface area contributed by atoms with Crippen LogP contribution >= 0.6 is 0 Å². The van der Waals surface area contributed by atoms with E-state index in [2.05, 4.69) is 152 Å². The fourth-order valence-electron chi connectivity index (χ4n) is 9.31. The van der Waals surface area contributed by atoms with E-state index in [-0.39, 0.29) is 0 Å². The van der Waals surface area contributed by atoms with Crippen LogP contribution in [0.2, 0.25) is 0 Å². The predicted molar refractivity (Wildman–Crippen MR) is 262 cm³/mol. The van der Waals surface area contributed by atoms with Crippen LogP contribution in [-0.4, -0.2) is 15.0 Å². The minimum absolute atomic E-state index is 0.640. The molecule has 0 saturated carbocycles. The topological polar surface area (TPSA) is 62.5 Å². The third-order valence-electron chi connectivity index (χ3n) is 12.5. The zero-order valence-corrected chi connectivity index (χ0v) is 34.6. The molecule has 1 aromatic heterocycles. The number of benzene rings is 10. The molecule has 0 amide bonds. The Morgan fingerprint density at radius 3 is 1.12 bits per heavy atom. The minimum atomic E-state index is 0.640. The van der Waals surface area contributed by atoms with E-state index in [0.717, 1.165) is 55.3 Å². The summed E-state index contributed by atoms with van der Waals surface area (Å²) in [7, 11) is 0. The summed E-state index contributed by atoms with van der Waals surface area (Å²) in [5, 5.41) is 14.2. The quantitative estimate of drug-likeness (QED) is 0.161. The van der Waals surface area contributed by atoms with Gasteiger partial charge in [0.2, 0.25) is 0 Å². The Balaban J connectivity index is 0.859. The number of nitrogens with zero attached hydrogens (tertiary/aromatic N) is 4. The highest BCUT2D eigenvalue weighted by Gasteiger charge is 2.25. The Morgan fingerprint density at radius 2 is 0.625 bits per heavy atom. The molecule has 64 heavy (non-hydrogen) atoms. The first kappa shape index (κ1) is 37.0. The van der Waals surface area contributed by atoms with Gasteiger partial charge in [0.05, 0.1) is 11.6 Å². The summed E-state index contributed by atoms with van der Waals surface area (Å²) < 4.78 is 0. The molecule has 0 aliphatic heterocycles. The van der Waals surface area contributed by atoms with Gasteiger partial charge in [0.15, 0.2) is 17.5 Å². The smallest absolute Gasteiger partial charge is 0.164 e. The van der Waals surface area contributed by atoms with Crippen molar-refractivity contribution in [1.29, 1.82) is 5.26 Å². The highest BCUT2D eigenvalue weighted by Crippen LogP contribution is 2.52. The van der Waals surface area contributed by atoms with Gasteiger partial charge in [-0.25, -0.2) is 15.0 Å². The van der Waals surface area contributed by atoms with Crippen molar-refractivity contribution in [3.8, 4) is 107 Å². The van der Waals surface area contributed by atoms with Gasteiger partial charge < -0.3 is 0 Å². The molecule has 12 rings (SSSR count). The van der Waals surface area contributed by atoms with Crippen molar-refractivity contribution in [3.63, 3.8) is 0 Å². The van der Waals surface area contributed by atoms with Gasteiger partial charge in [0, 0.05) is 16.7 Å². The molecule has 1 aliphatic carbocycles. The van der Waals surface area contributed by atoms with Crippen molar-refractivity contribution < 1.29 is 0 Å². The van der Waals surface area contributed by atoms with Gasteiger partial charge in [-0.1, -0.05) is 200 Å². The molecule has 0 fully saturated rings. The number of hydrogen-bond donors (Lipinski definition) is 0. The Hall–Kier alpha value is -8.78. The fourth-order valence-corrected chi connectivity index (χ4v) is 9.31. The standard InChI is InChI=1S/C60H36N4/c61-37-38-15-16-48-36-49(30-29-47(48)35-38)51-32-34-55-53-14-8-7-13-52(53)54-33-31-50(56(51)57(54)55)43-25-21-41(22-26-43)39-17-19-40(20-18-39)42-23-27-46(28-24-42)60-63-58(44-9-3-1-4-10-44)62-59(64-60)45-11-5-2-6-12-45/h1-36H. The molecule has 0 radical (unpaired) electrons. The van der Waals surface area contributed by atoms with Crippen LogP contribution in [-0.2, 0) is 0 Å².